The number of hydrogen-bond acceptors (Lipinski definition) is 1. The fourth-order valence-electron chi connectivity index (χ4n) is 2.93. The summed E-state index contributed by atoms with van der Waals surface area (Å²) in [7, 11) is 0. The van der Waals surface area contributed by atoms with Gasteiger partial charge in [0.05, 0.1) is 16.6 Å². The summed E-state index contributed by atoms with van der Waals surface area (Å²) in [6.07, 6.45) is -4.43. The van der Waals surface area contributed by atoms with Crippen LogP contribution in [0.2, 0.25) is 0 Å². The van der Waals surface area contributed by atoms with Crippen molar-refractivity contribution in [1.82, 2.24) is 4.98 Å². The van der Waals surface area contributed by atoms with Crippen LogP contribution in [0.15, 0.2) is 60.7 Å². The van der Waals surface area contributed by atoms with Crippen LogP contribution in [0.25, 0.3) is 32.6 Å². The van der Waals surface area contributed by atoms with E-state index in [1.54, 1.807) is 30.3 Å². The van der Waals surface area contributed by atoms with Crippen molar-refractivity contribution in [3.05, 3.63) is 66.2 Å². The number of para-hydroxylation sites is 1. The summed E-state index contributed by atoms with van der Waals surface area (Å²) in [5.41, 5.74) is 0.140. The molecule has 22 heavy (non-hydrogen) atoms. The summed E-state index contributed by atoms with van der Waals surface area (Å²) in [6, 6.07) is 17.0. The second kappa shape index (κ2) is 4.44. The van der Waals surface area contributed by atoms with E-state index in [1.165, 1.54) is 12.1 Å². The Bertz CT molecular complexity index is 1020. The lowest BCUT2D eigenvalue weighted by Crippen LogP contribution is -2.08. The summed E-state index contributed by atoms with van der Waals surface area (Å²) in [5, 5.41) is 1.89. The van der Waals surface area contributed by atoms with Crippen LogP contribution in [0.3, 0.4) is 0 Å². The van der Waals surface area contributed by atoms with E-state index >= 15 is 0 Å². The van der Waals surface area contributed by atoms with Crippen molar-refractivity contribution >= 4 is 32.6 Å². The molecule has 4 heteroatoms. The maximum Gasteiger partial charge on any atom is 0.417 e. The van der Waals surface area contributed by atoms with E-state index in [1.807, 2.05) is 18.2 Å². The third kappa shape index (κ3) is 1.84. The normalized spacial score (nSPS) is 12.3. The van der Waals surface area contributed by atoms with E-state index < -0.39 is 11.7 Å². The molecule has 1 nitrogen and oxygen atoms in total. The lowest BCUT2D eigenvalue weighted by molar-refractivity contribution is -0.135. The van der Waals surface area contributed by atoms with Crippen LogP contribution in [0.1, 0.15) is 5.56 Å². The highest BCUT2D eigenvalue weighted by Gasteiger charge is 2.35. The third-order valence-corrected chi connectivity index (χ3v) is 3.86. The minimum atomic E-state index is -4.43. The van der Waals surface area contributed by atoms with Crippen molar-refractivity contribution in [2.75, 3.05) is 0 Å². The average molecular weight is 297 g/mol. The highest BCUT2D eigenvalue weighted by molar-refractivity contribution is 6.10. The predicted octanol–water partition coefficient (Wildman–Crippen LogP) is 5.56. The van der Waals surface area contributed by atoms with Crippen molar-refractivity contribution in [3.63, 3.8) is 0 Å². The second-order valence-corrected chi connectivity index (χ2v) is 5.18. The quantitative estimate of drug-likeness (QED) is 0.306. The fraction of sp³-hybridized carbons (Fsp3) is 0.0556. The van der Waals surface area contributed by atoms with Gasteiger partial charge in [0, 0.05) is 16.2 Å². The van der Waals surface area contributed by atoms with Gasteiger partial charge < -0.3 is 0 Å². The van der Waals surface area contributed by atoms with E-state index in [2.05, 4.69) is 4.98 Å². The number of aromatic nitrogens is 1. The van der Waals surface area contributed by atoms with Gasteiger partial charge in [-0.05, 0) is 11.5 Å². The zero-order valence-corrected chi connectivity index (χ0v) is 11.4. The summed E-state index contributed by atoms with van der Waals surface area (Å²) >= 11 is 0. The SMILES string of the molecule is FC(F)(F)c1c2ccccc2nc2c1ccc1ccccc12. The summed E-state index contributed by atoms with van der Waals surface area (Å²) < 4.78 is 40.9. The van der Waals surface area contributed by atoms with Crippen molar-refractivity contribution in [2.24, 2.45) is 0 Å². The van der Waals surface area contributed by atoms with E-state index in [4.69, 9.17) is 0 Å². The number of rotatable bonds is 0. The molecule has 0 amide bonds. The smallest absolute Gasteiger partial charge is 0.247 e. The molecule has 0 fully saturated rings. The van der Waals surface area contributed by atoms with E-state index in [0.717, 1.165) is 10.8 Å². The molecule has 0 aliphatic rings. The monoisotopic (exact) mass is 297 g/mol. The molecule has 0 atom stereocenters. The molecule has 1 heterocycles. The maximum atomic E-state index is 13.6. The third-order valence-electron chi connectivity index (χ3n) is 3.86. The molecule has 4 aromatic rings. The molecule has 0 bridgehead atoms. The Morgan fingerprint density at radius 2 is 1.36 bits per heavy atom. The van der Waals surface area contributed by atoms with Crippen LogP contribution < -0.4 is 0 Å². The van der Waals surface area contributed by atoms with Crippen LogP contribution in [0.4, 0.5) is 13.2 Å². The van der Waals surface area contributed by atoms with Gasteiger partial charge in [-0.1, -0.05) is 54.6 Å². The molecule has 4 rings (SSSR count). The van der Waals surface area contributed by atoms with Crippen molar-refractivity contribution < 1.29 is 13.2 Å². The molecule has 0 saturated carbocycles. The zero-order valence-electron chi connectivity index (χ0n) is 11.4. The van der Waals surface area contributed by atoms with Crippen LogP contribution >= 0.6 is 0 Å². The van der Waals surface area contributed by atoms with Gasteiger partial charge in [0.2, 0.25) is 0 Å². The van der Waals surface area contributed by atoms with Gasteiger partial charge in [-0.25, -0.2) is 4.98 Å². The molecule has 0 aliphatic heterocycles. The maximum absolute atomic E-state index is 13.6. The number of halogens is 3. The highest BCUT2D eigenvalue weighted by Crippen LogP contribution is 2.40. The highest BCUT2D eigenvalue weighted by atomic mass is 19.4. The van der Waals surface area contributed by atoms with Gasteiger partial charge in [0.15, 0.2) is 0 Å². The largest absolute Gasteiger partial charge is 0.417 e. The Morgan fingerprint density at radius 1 is 0.682 bits per heavy atom. The molecule has 0 N–H and O–H groups in total. The van der Waals surface area contributed by atoms with Gasteiger partial charge in [-0.2, -0.15) is 13.2 Å². The van der Waals surface area contributed by atoms with E-state index in [9.17, 15) is 13.2 Å². The number of fused-ring (bicyclic) bond motifs is 4. The number of hydrogen-bond donors (Lipinski definition) is 0. The van der Waals surface area contributed by atoms with Gasteiger partial charge >= 0.3 is 6.18 Å². The predicted molar refractivity (Wildman–Crippen MR) is 81.8 cm³/mol. The molecular weight excluding hydrogens is 287 g/mol. The van der Waals surface area contributed by atoms with Crippen LogP contribution in [-0.4, -0.2) is 4.98 Å². The average Bonchev–Trinajstić information content (AvgIpc) is 2.51. The van der Waals surface area contributed by atoms with Gasteiger partial charge in [-0.3, -0.25) is 0 Å². The van der Waals surface area contributed by atoms with Crippen molar-refractivity contribution in [1.29, 1.82) is 0 Å². The first kappa shape index (κ1) is 13.1. The molecule has 0 radical (unpaired) electrons. The Hall–Kier alpha value is -2.62. The van der Waals surface area contributed by atoms with Crippen LogP contribution in [-0.2, 0) is 6.18 Å². The first-order valence-electron chi connectivity index (χ1n) is 6.83. The number of nitrogens with zero attached hydrogens (tertiary/aromatic N) is 1. The lowest BCUT2D eigenvalue weighted by Gasteiger charge is -2.14. The summed E-state index contributed by atoms with van der Waals surface area (Å²) in [5.74, 6) is 0. The second-order valence-electron chi connectivity index (χ2n) is 5.18. The summed E-state index contributed by atoms with van der Waals surface area (Å²) in [4.78, 5) is 4.48. The van der Waals surface area contributed by atoms with E-state index in [-0.39, 0.29) is 10.8 Å². The topological polar surface area (TPSA) is 12.9 Å². The minimum Gasteiger partial charge on any atom is -0.247 e. The fourth-order valence-corrected chi connectivity index (χ4v) is 2.93. The molecule has 3 aromatic carbocycles. The molecule has 108 valence electrons. The van der Waals surface area contributed by atoms with Crippen LogP contribution in [0, 0.1) is 0 Å². The minimum absolute atomic E-state index is 0.137. The Labute approximate surface area is 124 Å². The summed E-state index contributed by atoms with van der Waals surface area (Å²) in [6.45, 7) is 0. The van der Waals surface area contributed by atoms with Gasteiger partial charge in [0.1, 0.15) is 0 Å². The number of benzene rings is 3. The Morgan fingerprint density at radius 3 is 2.14 bits per heavy atom. The number of pyridine rings is 1. The molecule has 0 spiro atoms. The molecule has 0 aliphatic carbocycles. The molecular formula is C18H10F3N. The molecule has 1 aromatic heterocycles. The van der Waals surface area contributed by atoms with Crippen molar-refractivity contribution in [2.45, 2.75) is 6.18 Å². The van der Waals surface area contributed by atoms with Gasteiger partial charge in [-0.15, -0.1) is 0 Å². The Kier molecular flexibility index (Phi) is 2.64. The standard InChI is InChI=1S/C18H10F3N/c19-18(20,21)16-13-7-3-4-8-15(13)22-17-12-6-2-1-5-11(12)9-10-14(16)17/h1-10H. The molecule has 0 saturated heterocycles. The number of alkyl halides is 3. The lowest BCUT2D eigenvalue weighted by atomic mass is 9.98. The molecule has 0 unspecified atom stereocenters. The first-order valence-corrected chi connectivity index (χ1v) is 6.83. The first-order chi connectivity index (χ1) is 10.6. The van der Waals surface area contributed by atoms with Gasteiger partial charge in [0.25, 0.3) is 0 Å². The van der Waals surface area contributed by atoms with Crippen LogP contribution in [0.5, 0.6) is 0 Å². The zero-order chi connectivity index (χ0) is 15.3. The van der Waals surface area contributed by atoms with E-state index in [0.29, 0.717) is 11.0 Å². The Balaban J connectivity index is 2.31. The van der Waals surface area contributed by atoms with Crippen molar-refractivity contribution in [3.8, 4) is 0 Å².